The predicted molar refractivity (Wildman–Crippen MR) is 112 cm³/mol. The fourth-order valence-electron chi connectivity index (χ4n) is 3.48. The van der Waals surface area contributed by atoms with Gasteiger partial charge in [0.2, 0.25) is 0 Å². The minimum Gasteiger partial charge on any atom is -0.482 e. The number of ether oxygens (including phenoxy) is 1. The number of hydrogen-bond donors (Lipinski definition) is 3. The second-order valence-electron chi connectivity index (χ2n) is 7.18. The van der Waals surface area contributed by atoms with Crippen molar-refractivity contribution in [2.75, 3.05) is 18.5 Å². The van der Waals surface area contributed by atoms with Crippen LogP contribution in [0.15, 0.2) is 48.7 Å². The lowest BCUT2D eigenvalue weighted by Gasteiger charge is -2.25. The van der Waals surface area contributed by atoms with Crippen LogP contribution in [0.25, 0.3) is 10.9 Å². The molecule has 3 N–H and O–H groups in total. The lowest BCUT2D eigenvalue weighted by atomic mass is 10.1. The molecule has 4 rings (SSSR count). The van der Waals surface area contributed by atoms with Crippen molar-refractivity contribution < 1.29 is 14.3 Å². The molecule has 0 fully saturated rings. The number of benzene rings is 2. The number of amides is 3. The van der Waals surface area contributed by atoms with Crippen LogP contribution in [0.4, 0.5) is 10.5 Å². The molecule has 2 aromatic carbocycles. The van der Waals surface area contributed by atoms with E-state index in [0.29, 0.717) is 24.5 Å². The second-order valence-corrected chi connectivity index (χ2v) is 7.18. The van der Waals surface area contributed by atoms with Crippen LogP contribution in [0.3, 0.4) is 0 Å². The summed E-state index contributed by atoms with van der Waals surface area (Å²) in [6, 6.07) is 13.4. The van der Waals surface area contributed by atoms with Crippen LogP contribution in [0.5, 0.6) is 5.75 Å². The normalized spacial score (nSPS) is 13.9. The molecule has 0 bridgehead atoms. The molecule has 0 saturated carbocycles. The Morgan fingerprint density at radius 3 is 2.93 bits per heavy atom. The Kier molecular flexibility index (Phi) is 5.12. The molecule has 150 valence electrons. The first-order chi connectivity index (χ1) is 14.0. The Hall–Kier alpha value is -3.48. The molecule has 1 aliphatic rings. The van der Waals surface area contributed by atoms with E-state index >= 15 is 0 Å². The van der Waals surface area contributed by atoms with E-state index in [1.807, 2.05) is 56.4 Å². The highest BCUT2D eigenvalue weighted by Gasteiger charge is 2.20. The van der Waals surface area contributed by atoms with E-state index in [2.05, 4.69) is 21.7 Å². The summed E-state index contributed by atoms with van der Waals surface area (Å²) in [4.78, 5) is 29.3. The third-order valence-electron chi connectivity index (χ3n) is 5.14. The topological polar surface area (TPSA) is 86.5 Å². The number of anilines is 1. The van der Waals surface area contributed by atoms with Crippen LogP contribution in [0.2, 0.25) is 0 Å². The standard InChI is InChI=1S/C22H24N4O3/c1-3-26(12-15-4-6-18-17(10-15)8-9-23-18)22(28)24-14(2)16-5-7-20-19(11-16)25-21(27)13-29-20/h4-11,14,23H,3,12-13H2,1-2H3,(H,24,28)(H,25,27). The van der Waals surface area contributed by atoms with Gasteiger partial charge in [-0.25, -0.2) is 4.79 Å². The first kappa shape index (κ1) is 18.9. The zero-order valence-corrected chi connectivity index (χ0v) is 16.5. The molecule has 1 unspecified atom stereocenters. The number of carbonyl (C=O) groups excluding carboxylic acids is 2. The number of nitrogens with one attached hydrogen (secondary N) is 3. The molecule has 1 aliphatic heterocycles. The third kappa shape index (κ3) is 4.03. The van der Waals surface area contributed by atoms with Gasteiger partial charge in [0.05, 0.1) is 11.7 Å². The highest BCUT2D eigenvalue weighted by atomic mass is 16.5. The van der Waals surface area contributed by atoms with Gasteiger partial charge in [0.1, 0.15) is 5.75 Å². The van der Waals surface area contributed by atoms with E-state index in [9.17, 15) is 9.59 Å². The van der Waals surface area contributed by atoms with Gasteiger partial charge in [-0.3, -0.25) is 4.79 Å². The molecule has 1 aromatic heterocycles. The number of nitrogens with zero attached hydrogens (tertiary/aromatic N) is 1. The van der Waals surface area contributed by atoms with E-state index in [-0.39, 0.29) is 24.6 Å². The van der Waals surface area contributed by atoms with Crippen molar-refractivity contribution in [3.05, 3.63) is 59.8 Å². The number of aromatic nitrogens is 1. The van der Waals surface area contributed by atoms with Crippen molar-refractivity contribution in [3.63, 3.8) is 0 Å². The van der Waals surface area contributed by atoms with E-state index in [1.165, 1.54) is 0 Å². The zero-order chi connectivity index (χ0) is 20.4. The number of hydrogen-bond acceptors (Lipinski definition) is 3. The molecule has 1 atom stereocenters. The molecule has 3 amide bonds. The van der Waals surface area contributed by atoms with Gasteiger partial charge in [-0.1, -0.05) is 12.1 Å². The van der Waals surface area contributed by atoms with Gasteiger partial charge >= 0.3 is 6.03 Å². The maximum Gasteiger partial charge on any atom is 0.318 e. The van der Waals surface area contributed by atoms with Gasteiger partial charge < -0.3 is 25.3 Å². The fraction of sp³-hybridized carbons (Fsp3) is 0.273. The van der Waals surface area contributed by atoms with Crippen LogP contribution >= 0.6 is 0 Å². The Balaban J connectivity index is 1.44. The maximum atomic E-state index is 12.8. The molecule has 3 aromatic rings. The number of rotatable bonds is 5. The fourth-order valence-corrected chi connectivity index (χ4v) is 3.48. The molecule has 2 heterocycles. The lowest BCUT2D eigenvalue weighted by Crippen LogP contribution is -2.40. The second kappa shape index (κ2) is 7.87. The van der Waals surface area contributed by atoms with E-state index in [1.54, 1.807) is 4.90 Å². The largest absolute Gasteiger partial charge is 0.482 e. The third-order valence-corrected chi connectivity index (χ3v) is 5.14. The van der Waals surface area contributed by atoms with E-state index in [4.69, 9.17) is 4.74 Å². The minimum absolute atomic E-state index is 0.0264. The van der Waals surface area contributed by atoms with Crippen LogP contribution in [-0.2, 0) is 11.3 Å². The summed E-state index contributed by atoms with van der Waals surface area (Å²) in [5.74, 6) is 0.463. The quantitative estimate of drug-likeness (QED) is 0.617. The molecule has 0 aliphatic carbocycles. The lowest BCUT2D eigenvalue weighted by molar-refractivity contribution is -0.118. The zero-order valence-electron chi connectivity index (χ0n) is 16.5. The summed E-state index contributed by atoms with van der Waals surface area (Å²) in [6.07, 6.45) is 1.91. The van der Waals surface area contributed by atoms with Gasteiger partial charge in [0.25, 0.3) is 5.91 Å². The monoisotopic (exact) mass is 392 g/mol. The van der Waals surface area contributed by atoms with E-state index < -0.39 is 0 Å². The number of carbonyl (C=O) groups is 2. The summed E-state index contributed by atoms with van der Waals surface area (Å²) >= 11 is 0. The smallest absolute Gasteiger partial charge is 0.318 e. The first-order valence-corrected chi connectivity index (χ1v) is 9.71. The maximum absolute atomic E-state index is 12.8. The molecule has 0 radical (unpaired) electrons. The van der Waals surface area contributed by atoms with Gasteiger partial charge in [-0.15, -0.1) is 0 Å². The SMILES string of the molecule is CCN(Cc1ccc2[nH]ccc2c1)C(=O)NC(C)c1ccc2c(c1)NC(=O)CO2. The van der Waals surface area contributed by atoms with Crippen molar-refractivity contribution >= 4 is 28.5 Å². The highest BCUT2D eigenvalue weighted by Crippen LogP contribution is 2.30. The molecule has 0 saturated heterocycles. The summed E-state index contributed by atoms with van der Waals surface area (Å²) in [5, 5.41) is 6.97. The van der Waals surface area contributed by atoms with Gasteiger partial charge in [0.15, 0.2) is 6.61 Å². The Labute approximate surface area is 169 Å². The number of urea groups is 1. The van der Waals surface area contributed by atoms with Crippen LogP contribution < -0.4 is 15.4 Å². The number of fused-ring (bicyclic) bond motifs is 2. The number of H-pyrrole nitrogens is 1. The number of aromatic amines is 1. The summed E-state index contributed by atoms with van der Waals surface area (Å²) in [6.45, 7) is 5.04. The van der Waals surface area contributed by atoms with Crippen LogP contribution in [0.1, 0.15) is 31.0 Å². The van der Waals surface area contributed by atoms with Crippen molar-refractivity contribution in [1.29, 1.82) is 0 Å². The van der Waals surface area contributed by atoms with Crippen molar-refractivity contribution in [3.8, 4) is 5.75 Å². The summed E-state index contributed by atoms with van der Waals surface area (Å²) in [5.41, 5.74) is 3.69. The Bertz CT molecular complexity index is 1060. The van der Waals surface area contributed by atoms with Crippen molar-refractivity contribution in [2.24, 2.45) is 0 Å². The Morgan fingerprint density at radius 1 is 1.24 bits per heavy atom. The van der Waals surface area contributed by atoms with Gasteiger partial charge in [-0.2, -0.15) is 0 Å². The van der Waals surface area contributed by atoms with Crippen molar-refractivity contribution in [2.45, 2.75) is 26.4 Å². The highest BCUT2D eigenvalue weighted by molar-refractivity contribution is 5.95. The average Bonchev–Trinajstić information content (AvgIpc) is 3.19. The minimum atomic E-state index is -0.215. The predicted octanol–water partition coefficient (Wildman–Crippen LogP) is 3.79. The molecular weight excluding hydrogens is 368 g/mol. The molecule has 7 heteroatoms. The molecule has 7 nitrogen and oxygen atoms in total. The Morgan fingerprint density at radius 2 is 2.10 bits per heavy atom. The van der Waals surface area contributed by atoms with E-state index in [0.717, 1.165) is 22.0 Å². The average molecular weight is 392 g/mol. The summed E-state index contributed by atoms with van der Waals surface area (Å²) < 4.78 is 5.39. The molecule has 0 spiro atoms. The molecular formula is C22H24N4O3. The molecule has 29 heavy (non-hydrogen) atoms. The van der Waals surface area contributed by atoms with Crippen LogP contribution in [-0.4, -0.2) is 35.0 Å². The summed E-state index contributed by atoms with van der Waals surface area (Å²) in [7, 11) is 0. The first-order valence-electron chi connectivity index (χ1n) is 9.71. The van der Waals surface area contributed by atoms with Crippen LogP contribution in [0, 0.1) is 0 Å². The van der Waals surface area contributed by atoms with Crippen molar-refractivity contribution in [1.82, 2.24) is 15.2 Å². The van der Waals surface area contributed by atoms with Gasteiger partial charge in [-0.05, 0) is 60.7 Å². The van der Waals surface area contributed by atoms with Gasteiger partial charge in [0, 0.05) is 24.8 Å².